The molecule has 1 heterocycles. The summed E-state index contributed by atoms with van der Waals surface area (Å²) in [5, 5.41) is 3.29. The Hall–Kier alpha value is -1.92. The van der Waals surface area contributed by atoms with E-state index in [1.54, 1.807) is 6.92 Å². The maximum absolute atomic E-state index is 12.2. The zero-order chi connectivity index (χ0) is 14.7. The fourth-order valence-corrected chi connectivity index (χ4v) is 2.66. The lowest BCUT2D eigenvalue weighted by molar-refractivity contribution is 0.103. The van der Waals surface area contributed by atoms with Crippen molar-refractivity contribution in [3.05, 3.63) is 40.4 Å². The second-order valence-corrected chi connectivity index (χ2v) is 5.89. The summed E-state index contributed by atoms with van der Waals surface area (Å²) in [6, 6.07) is 7.81. The predicted molar refractivity (Wildman–Crippen MR) is 83.0 cm³/mol. The van der Waals surface area contributed by atoms with Crippen molar-refractivity contribution < 1.29 is 4.79 Å². The number of rotatable bonds is 4. The van der Waals surface area contributed by atoms with Crippen molar-refractivity contribution in [3.63, 3.8) is 0 Å². The number of nitrogens with two attached hydrogens (primary N) is 1. The van der Waals surface area contributed by atoms with Crippen LogP contribution < -0.4 is 11.1 Å². The van der Waals surface area contributed by atoms with Crippen molar-refractivity contribution in [2.24, 2.45) is 0 Å². The van der Waals surface area contributed by atoms with Gasteiger partial charge in [-0.1, -0.05) is 23.5 Å². The lowest BCUT2D eigenvalue weighted by Gasteiger charge is -2.11. The summed E-state index contributed by atoms with van der Waals surface area (Å²) in [7, 11) is 4.02. The molecule has 0 fully saturated rings. The fraction of sp³-hybridized carbons (Fsp3) is 0.286. The molecule has 2 rings (SSSR count). The summed E-state index contributed by atoms with van der Waals surface area (Å²) in [5.74, 6) is -0.168. The molecule has 0 atom stereocenters. The number of nitrogens with one attached hydrogen (secondary N) is 1. The Balaban J connectivity index is 2.13. The topological polar surface area (TPSA) is 71.2 Å². The van der Waals surface area contributed by atoms with Crippen LogP contribution in [0.3, 0.4) is 0 Å². The Morgan fingerprint density at radius 2 is 2.20 bits per heavy atom. The molecule has 0 aliphatic carbocycles. The van der Waals surface area contributed by atoms with Crippen LogP contribution in [0.2, 0.25) is 0 Å². The van der Waals surface area contributed by atoms with Crippen LogP contribution in [-0.2, 0) is 6.54 Å². The standard InChI is InChI=1S/C14H18N4OS/c1-9-12(20-14(15)16-9)13(19)17-11-6-4-5-10(7-11)8-18(2)3/h4-7H,8H2,1-3H3,(H2,15,16)(H,17,19). The number of thiazole rings is 1. The van der Waals surface area contributed by atoms with Crippen LogP contribution in [0.15, 0.2) is 24.3 Å². The normalized spacial score (nSPS) is 10.8. The first kappa shape index (κ1) is 14.5. The summed E-state index contributed by atoms with van der Waals surface area (Å²) in [5.41, 5.74) is 8.20. The summed E-state index contributed by atoms with van der Waals surface area (Å²) in [6.45, 7) is 2.61. The average molecular weight is 290 g/mol. The molecule has 0 unspecified atom stereocenters. The second kappa shape index (κ2) is 6.02. The van der Waals surface area contributed by atoms with Gasteiger partial charge in [0.15, 0.2) is 5.13 Å². The molecule has 5 nitrogen and oxygen atoms in total. The van der Waals surface area contributed by atoms with Gasteiger partial charge in [0.25, 0.3) is 5.91 Å². The number of nitrogen functional groups attached to an aromatic ring is 1. The highest BCUT2D eigenvalue weighted by Gasteiger charge is 2.14. The van der Waals surface area contributed by atoms with E-state index >= 15 is 0 Å². The van der Waals surface area contributed by atoms with E-state index < -0.39 is 0 Å². The third kappa shape index (κ3) is 3.55. The van der Waals surface area contributed by atoms with Gasteiger partial charge < -0.3 is 16.0 Å². The third-order valence-corrected chi connectivity index (χ3v) is 3.69. The van der Waals surface area contributed by atoms with Crippen molar-refractivity contribution in [1.29, 1.82) is 0 Å². The van der Waals surface area contributed by atoms with E-state index in [9.17, 15) is 4.79 Å². The van der Waals surface area contributed by atoms with Gasteiger partial charge >= 0.3 is 0 Å². The van der Waals surface area contributed by atoms with Crippen molar-refractivity contribution in [2.45, 2.75) is 13.5 Å². The van der Waals surface area contributed by atoms with Crippen LogP contribution >= 0.6 is 11.3 Å². The minimum atomic E-state index is -0.168. The van der Waals surface area contributed by atoms with Crippen molar-refractivity contribution in [1.82, 2.24) is 9.88 Å². The molecule has 1 aromatic carbocycles. The van der Waals surface area contributed by atoms with E-state index in [4.69, 9.17) is 5.73 Å². The van der Waals surface area contributed by atoms with Gasteiger partial charge in [0, 0.05) is 12.2 Å². The highest BCUT2D eigenvalue weighted by atomic mass is 32.1. The van der Waals surface area contributed by atoms with Gasteiger partial charge in [-0.15, -0.1) is 0 Å². The molecule has 1 aromatic heterocycles. The predicted octanol–water partition coefficient (Wildman–Crippen LogP) is 2.35. The van der Waals surface area contributed by atoms with Crippen LogP contribution in [-0.4, -0.2) is 29.9 Å². The minimum Gasteiger partial charge on any atom is -0.375 e. The summed E-state index contributed by atoms with van der Waals surface area (Å²) >= 11 is 1.20. The summed E-state index contributed by atoms with van der Waals surface area (Å²) < 4.78 is 0. The maximum atomic E-state index is 12.2. The van der Waals surface area contributed by atoms with Crippen molar-refractivity contribution in [3.8, 4) is 0 Å². The maximum Gasteiger partial charge on any atom is 0.267 e. The molecule has 106 valence electrons. The zero-order valence-corrected chi connectivity index (χ0v) is 12.6. The Kier molecular flexibility index (Phi) is 4.36. The van der Waals surface area contributed by atoms with Gasteiger partial charge in [-0.3, -0.25) is 4.79 Å². The number of carbonyl (C=O) groups excluding carboxylic acids is 1. The molecule has 0 saturated heterocycles. The van der Waals surface area contributed by atoms with Gasteiger partial charge in [-0.25, -0.2) is 4.98 Å². The molecule has 6 heteroatoms. The number of carbonyl (C=O) groups is 1. The number of nitrogens with zero attached hydrogens (tertiary/aromatic N) is 2. The fourth-order valence-electron chi connectivity index (χ4n) is 1.93. The number of amides is 1. The van der Waals surface area contributed by atoms with E-state index in [1.807, 2.05) is 38.4 Å². The minimum absolute atomic E-state index is 0.168. The lowest BCUT2D eigenvalue weighted by atomic mass is 10.2. The molecule has 0 aliphatic heterocycles. The van der Waals surface area contributed by atoms with Crippen molar-refractivity contribution in [2.75, 3.05) is 25.1 Å². The van der Waals surface area contributed by atoms with E-state index in [-0.39, 0.29) is 5.91 Å². The number of hydrogen-bond acceptors (Lipinski definition) is 5. The Bertz CT molecular complexity index is 621. The molecule has 0 saturated carbocycles. The van der Waals surface area contributed by atoms with Crippen LogP contribution in [0, 0.1) is 6.92 Å². The smallest absolute Gasteiger partial charge is 0.267 e. The molecule has 0 aliphatic rings. The summed E-state index contributed by atoms with van der Waals surface area (Å²) in [6.07, 6.45) is 0. The Morgan fingerprint density at radius 1 is 1.45 bits per heavy atom. The molecule has 20 heavy (non-hydrogen) atoms. The summed E-state index contributed by atoms with van der Waals surface area (Å²) in [4.78, 5) is 18.9. The van der Waals surface area contributed by atoms with Gasteiger partial charge in [0.05, 0.1) is 5.69 Å². The monoisotopic (exact) mass is 290 g/mol. The number of anilines is 2. The SMILES string of the molecule is Cc1nc(N)sc1C(=O)Nc1cccc(CN(C)C)c1. The third-order valence-electron chi connectivity index (χ3n) is 2.70. The first-order chi connectivity index (χ1) is 9.45. The van der Waals surface area contributed by atoms with Gasteiger partial charge in [-0.2, -0.15) is 0 Å². The Labute approximate surface area is 122 Å². The largest absolute Gasteiger partial charge is 0.375 e. The number of aryl methyl sites for hydroxylation is 1. The van der Waals surface area contributed by atoms with Gasteiger partial charge in [0.2, 0.25) is 0 Å². The molecule has 0 spiro atoms. The molecule has 3 N–H and O–H groups in total. The molecule has 0 radical (unpaired) electrons. The van der Waals surface area contributed by atoms with Crippen LogP contribution in [0.4, 0.5) is 10.8 Å². The van der Waals surface area contributed by atoms with Crippen molar-refractivity contribution >= 4 is 28.1 Å². The number of aromatic nitrogens is 1. The van der Waals surface area contributed by atoms with Gasteiger partial charge in [0.1, 0.15) is 4.88 Å². The van der Waals surface area contributed by atoms with E-state index in [2.05, 4.69) is 15.2 Å². The molecule has 2 aromatic rings. The number of benzene rings is 1. The Morgan fingerprint density at radius 3 is 2.80 bits per heavy atom. The van der Waals surface area contributed by atoms with Gasteiger partial charge in [-0.05, 0) is 38.7 Å². The lowest BCUT2D eigenvalue weighted by Crippen LogP contribution is -2.13. The van der Waals surface area contributed by atoms with Crippen LogP contribution in [0.1, 0.15) is 20.9 Å². The quantitative estimate of drug-likeness (QED) is 0.906. The highest BCUT2D eigenvalue weighted by molar-refractivity contribution is 7.17. The number of hydrogen-bond donors (Lipinski definition) is 2. The molecule has 1 amide bonds. The first-order valence-electron chi connectivity index (χ1n) is 6.23. The van der Waals surface area contributed by atoms with Crippen LogP contribution in [0.5, 0.6) is 0 Å². The highest BCUT2D eigenvalue weighted by Crippen LogP contribution is 2.21. The van der Waals surface area contributed by atoms with E-state index in [0.717, 1.165) is 17.8 Å². The van der Waals surface area contributed by atoms with E-state index in [1.165, 1.54) is 11.3 Å². The average Bonchev–Trinajstić information content (AvgIpc) is 2.68. The second-order valence-electron chi connectivity index (χ2n) is 4.86. The van der Waals surface area contributed by atoms with Crippen LogP contribution in [0.25, 0.3) is 0 Å². The zero-order valence-electron chi connectivity index (χ0n) is 11.8. The molecular weight excluding hydrogens is 272 g/mol. The first-order valence-corrected chi connectivity index (χ1v) is 7.05. The van der Waals surface area contributed by atoms with E-state index in [0.29, 0.717) is 15.7 Å². The molecular formula is C14H18N4OS. The molecule has 0 bridgehead atoms.